The maximum Gasteiger partial charge on any atom is 0.286 e. The highest BCUT2D eigenvalue weighted by atomic mass is 35.5. The van der Waals surface area contributed by atoms with E-state index in [1.807, 2.05) is 30.3 Å². The Morgan fingerprint density at radius 1 is 0.884 bits per heavy atom. The SMILES string of the molecule is CC[C@H](NC(=O)[C@@H](NC(=O)c1ccc(-c2cccc(Cl)c2)c(Cl)c1)C1CCCCC1)C(=O)c1nnc(-c2ccccc2)o1. The third-order valence-electron chi connectivity index (χ3n) is 7.75. The van der Waals surface area contributed by atoms with E-state index < -0.39 is 29.7 Å². The molecule has 1 fully saturated rings. The van der Waals surface area contributed by atoms with Gasteiger partial charge in [0.05, 0.1) is 6.04 Å². The van der Waals surface area contributed by atoms with Crippen LogP contribution in [-0.4, -0.2) is 39.9 Å². The lowest BCUT2D eigenvalue weighted by atomic mass is 9.83. The molecular weight excluding hydrogens is 587 g/mol. The van der Waals surface area contributed by atoms with Crippen LogP contribution in [0.2, 0.25) is 10.0 Å². The number of hydrogen-bond donors (Lipinski definition) is 2. The molecule has 1 aliphatic rings. The van der Waals surface area contributed by atoms with E-state index in [0.29, 0.717) is 27.6 Å². The average Bonchev–Trinajstić information content (AvgIpc) is 3.53. The number of rotatable bonds is 10. The summed E-state index contributed by atoms with van der Waals surface area (Å²) in [4.78, 5) is 40.4. The van der Waals surface area contributed by atoms with Gasteiger partial charge in [0.15, 0.2) is 0 Å². The van der Waals surface area contributed by atoms with Crippen molar-refractivity contribution in [3.63, 3.8) is 0 Å². The van der Waals surface area contributed by atoms with Gasteiger partial charge in [0.25, 0.3) is 11.8 Å². The summed E-state index contributed by atoms with van der Waals surface area (Å²) in [5.74, 6) is -1.36. The van der Waals surface area contributed by atoms with Crippen LogP contribution in [0.3, 0.4) is 0 Å². The number of carbonyl (C=O) groups is 3. The zero-order valence-electron chi connectivity index (χ0n) is 23.7. The Kier molecular flexibility index (Phi) is 9.89. The average molecular weight is 620 g/mol. The van der Waals surface area contributed by atoms with Gasteiger partial charge in [0.2, 0.25) is 17.6 Å². The quantitative estimate of drug-likeness (QED) is 0.182. The minimum atomic E-state index is -0.897. The number of halogens is 2. The Labute approximate surface area is 260 Å². The number of carbonyl (C=O) groups excluding carboxylic acids is 3. The summed E-state index contributed by atoms with van der Waals surface area (Å²) in [5.41, 5.74) is 2.58. The third kappa shape index (κ3) is 7.32. The van der Waals surface area contributed by atoms with Gasteiger partial charge in [0.1, 0.15) is 6.04 Å². The lowest BCUT2D eigenvalue weighted by Crippen LogP contribution is -2.54. The number of nitrogens with zero attached hydrogens (tertiary/aromatic N) is 2. The number of Topliss-reactive ketones (excluding diaryl/α,β-unsaturated/α-hetero) is 1. The summed E-state index contributed by atoms with van der Waals surface area (Å²) in [6.45, 7) is 1.79. The molecule has 0 spiro atoms. The molecule has 4 aromatic rings. The Balaban J connectivity index is 1.32. The van der Waals surface area contributed by atoms with E-state index >= 15 is 0 Å². The maximum absolute atomic E-state index is 13.7. The van der Waals surface area contributed by atoms with Crippen molar-refractivity contribution in [3.05, 3.63) is 94.3 Å². The van der Waals surface area contributed by atoms with Gasteiger partial charge < -0.3 is 15.1 Å². The first-order valence-corrected chi connectivity index (χ1v) is 15.2. The Bertz CT molecular complexity index is 1600. The Morgan fingerprint density at radius 3 is 2.33 bits per heavy atom. The Hall–Kier alpha value is -4.01. The number of nitrogens with one attached hydrogen (secondary N) is 2. The van der Waals surface area contributed by atoms with E-state index in [9.17, 15) is 14.4 Å². The molecule has 1 heterocycles. The monoisotopic (exact) mass is 618 g/mol. The molecule has 5 rings (SSSR count). The molecule has 2 atom stereocenters. The largest absolute Gasteiger partial charge is 0.414 e. The number of ketones is 1. The fraction of sp³-hybridized carbons (Fsp3) is 0.303. The van der Waals surface area contributed by atoms with Crippen LogP contribution < -0.4 is 10.6 Å². The van der Waals surface area contributed by atoms with Gasteiger partial charge >= 0.3 is 0 Å². The van der Waals surface area contributed by atoms with E-state index in [1.165, 1.54) is 0 Å². The van der Waals surface area contributed by atoms with E-state index in [2.05, 4.69) is 20.8 Å². The fourth-order valence-electron chi connectivity index (χ4n) is 5.42. The third-order valence-corrected chi connectivity index (χ3v) is 8.30. The molecule has 1 saturated carbocycles. The van der Waals surface area contributed by atoms with Gasteiger partial charge in [0, 0.05) is 26.7 Å². The fourth-order valence-corrected chi connectivity index (χ4v) is 5.90. The lowest BCUT2D eigenvalue weighted by Gasteiger charge is -2.31. The predicted octanol–water partition coefficient (Wildman–Crippen LogP) is 7.17. The molecule has 3 aromatic carbocycles. The normalized spacial score (nSPS) is 15.0. The molecule has 0 radical (unpaired) electrons. The molecular formula is C33H32Cl2N4O4. The molecule has 2 N–H and O–H groups in total. The van der Waals surface area contributed by atoms with Crippen LogP contribution in [0.5, 0.6) is 0 Å². The van der Waals surface area contributed by atoms with Crippen LogP contribution in [0.25, 0.3) is 22.6 Å². The predicted molar refractivity (Wildman–Crippen MR) is 166 cm³/mol. The number of benzene rings is 3. The standard InChI is InChI=1S/C33H32Cl2N4O4/c1-2-27(29(40)33-39-38-32(43-33)21-12-7-4-8-13-21)36-31(42)28(20-10-5-3-6-11-20)37-30(41)23-16-17-25(26(35)19-23)22-14-9-15-24(34)18-22/h4,7-9,12-20,27-28H,2-3,5-6,10-11H2,1H3,(H,36,42)(H,37,41)/t27-,28-/m0/s1. The Morgan fingerprint density at radius 2 is 1.63 bits per heavy atom. The van der Waals surface area contributed by atoms with Gasteiger partial charge in [-0.1, -0.05) is 85.8 Å². The second-order valence-electron chi connectivity index (χ2n) is 10.7. The van der Waals surface area contributed by atoms with Gasteiger partial charge in [-0.2, -0.15) is 0 Å². The van der Waals surface area contributed by atoms with Crippen LogP contribution in [0.4, 0.5) is 0 Å². The van der Waals surface area contributed by atoms with Crippen molar-refractivity contribution in [2.75, 3.05) is 0 Å². The molecule has 222 valence electrons. The highest BCUT2D eigenvalue weighted by Gasteiger charge is 2.34. The van der Waals surface area contributed by atoms with Crippen LogP contribution >= 0.6 is 23.2 Å². The molecule has 10 heteroatoms. The summed E-state index contributed by atoms with van der Waals surface area (Å²) in [6.07, 6.45) is 4.90. The zero-order valence-corrected chi connectivity index (χ0v) is 25.2. The summed E-state index contributed by atoms with van der Waals surface area (Å²) >= 11 is 12.7. The lowest BCUT2D eigenvalue weighted by molar-refractivity contribution is -0.125. The summed E-state index contributed by atoms with van der Waals surface area (Å²) in [5, 5.41) is 14.7. The van der Waals surface area contributed by atoms with E-state index in [1.54, 1.807) is 49.4 Å². The first kappa shape index (κ1) is 30.4. The van der Waals surface area contributed by atoms with Gasteiger partial charge in [-0.05, 0) is 67.1 Å². The first-order chi connectivity index (χ1) is 20.8. The van der Waals surface area contributed by atoms with Crippen LogP contribution in [0.15, 0.2) is 77.2 Å². The first-order valence-electron chi connectivity index (χ1n) is 14.4. The van der Waals surface area contributed by atoms with Crippen molar-refractivity contribution in [2.24, 2.45) is 5.92 Å². The molecule has 1 aromatic heterocycles. The van der Waals surface area contributed by atoms with Crippen LogP contribution in [0, 0.1) is 5.92 Å². The molecule has 8 nitrogen and oxygen atoms in total. The molecule has 0 aliphatic heterocycles. The van der Waals surface area contributed by atoms with Crippen molar-refractivity contribution in [2.45, 2.75) is 57.5 Å². The second kappa shape index (κ2) is 14.0. The number of aromatic nitrogens is 2. The molecule has 0 saturated heterocycles. The molecule has 0 unspecified atom stereocenters. The highest BCUT2D eigenvalue weighted by molar-refractivity contribution is 6.34. The van der Waals surface area contributed by atoms with Crippen molar-refractivity contribution in [1.29, 1.82) is 0 Å². The van der Waals surface area contributed by atoms with Crippen LogP contribution in [-0.2, 0) is 4.79 Å². The van der Waals surface area contributed by atoms with E-state index in [4.69, 9.17) is 27.6 Å². The van der Waals surface area contributed by atoms with Crippen molar-refractivity contribution < 1.29 is 18.8 Å². The topological polar surface area (TPSA) is 114 Å². The highest BCUT2D eigenvalue weighted by Crippen LogP contribution is 2.31. The van der Waals surface area contributed by atoms with Crippen LogP contribution in [0.1, 0.15) is 66.5 Å². The molecule has 2 amide bonds. The molecule has 0 bridgehead atoms. The zero-order chi connectivity index (χ0) is 30.3. The van der Waals surface area contributed by atoms with Gasteiger partial charge in [-0.15, -0.1) is 10.2 Å². The minimum Gasteiger partial charge on any atom is -0.414 e. The molecule has 1 aliphatic carbocycles. The van der Waals surface area contributed by atoms with Crippen molar-refractivity contribution in [1.82, 2.24) is 20.8 Å². The second-order valence-corrected chi connectivity index (χ2v) is 11.5. The van der Waals surface area contributed by atoms with Gasteiger partial charge in [-0.3, -0.25) is 14.4 Å². The summed E-state index contributed by atoms with van der Waals surface area (Å²) < 4.78 is 5.64. The maximum atomic E-state index is 13.7. The smallest absolute Gasteiger partial charge is 0.286 e. The number of amides is 2. The van der Waals surface area contributed by atoms with E-state index in [-0.39, 0.29) is 17.7 Å². The van der Waals surface area contributed by atoms with Crippen molar-refractivity contribution in [3.8, 4) is 22.6 Å². The summed E-state index contributed by atoms with van der Waals surface area (Å²) in [6, 6.07) is 19.7. The minimum absolute atomic E-state index is 0.0698. The van der Waals surface area contributed by atoms with E-state index in [0.717, 1.165) is 43.2 Å². The number of hydrogen-bond acceptors (Lipinski definition) is 6. The molecule has 43 heavy (non-hydrogen) atoms. The summed E-state index contributed by atoms with van der Waals surface area (Å²) in [7, 11) is 0. The van der Waals surface area contributed by atoms with Gasteiger partial charge in [-0.25, -0.2) is 0 Å². The van der Waals surface area contributed by atoms with Crippen molar-refractivity contribution >= 4 is 40.8 Å².